The van der Waals surface area contributed by atoms with Crippen molar-refractivity contribution in [3.8, 4) is 0 Å². The van der Waals surface area contributed by atoms with E-state index in [1.165, 1.54) is 24.3 Å². The Morgan fingerprint density at radius 1 is 1.50 bits per heavy atom. The number of aliphatic hydroxyl groups excluding tert-OH is 1. The molecule has 0 amide bonds. The van der Waals surface area contributed by atoms with Gasteiger partial charge in [0.1, 0.15) is 0 Å². The molecule has 2 N–H and O–H groups in total. The van der Waals surface area contributed by atoms with E-state index in [4.69, 9.17) is 0 Å². The summed E-state index contributed by atoms with van der Waals surface area (Å²) in [6, 6.07) is 0. The van der Waals surface area contributed by atoms with Crippen LogP contribution in [0.1, 0.15) is 26.2 Å². The Labute approximate surface area is 90.8 Å². The minimum Gasteiger partial charge on any atom is -0.394 e. The molecule has 3 atom stereocenters. The van der Waals surface area contributed by atoms with Crippen LogP contribution < -0.4 is 5.32 Å². The quantitative estimate of drug-likeness (QED) is 0.732. The largest absolute Gasteiger partial charge is 0.394 e. The highest BCUT2D eigenvalue weighted by Crippen LogP contribution is 2.36. The predicted octanol–water partition coefficient (Wildman–Crippen LogP) is 1.49. The standard InChI is InChI=1S/C11H21NOS/c1-11(8-13)5-10(6-12-11)9-3-2-4-14-7-9/h9-10,12-13H,2-8H2,1H3. The second-order valence-corrected chi connectivity index (χ2v) is 6.19. The molecule has 2 nitrogen and oxygen atoms in total. The molecule has 82 valence electrons. The van der Waals surface area contributed by atoms with Crippen molar-refractivity contribution in [2.75, 3.05) is 24.7 Å². The number of hydrogen-bond donors (Lipinski definition) is 2. The summed E-state index contributed by atoms with van der Waals surface area (Å²) in [5.74, 6) is 4.40. The minimum absolute atomic E-state index is 0.00673. The summed E-state index contributed by atoms with van der Waals surface area (Å²) in [6.45, 7) is 3.54. The van der Waals surface area contributed by atoms with Crippen molar-refractivity contribution in [2.24, 2.45) is 11.8 Å². The summed E-state index contributed by atoms with van der Waals surface area (Å²) in [6.07, 6.45) is 3.96. The highest BCUT2D eigenvalue weighted by atomic mass is 32.2. The van der Waals surface area contributed by atoms with Crippen molar-refractivity contribution in [1.29, 1.82) is 0 Å². The molecule has 2 fully saturated rings. The van der Waals surface area contributed by atoms with Gasteiger partial charge in [-0.2, -0.15) is 11.8 Å². The number of aliphatic hydroxyl groups is 1. The average molecular weight is 215 g/mol. The molecule has 3 unspecified atom stereocenters. The third-order valence-electron chi connectivity index (χ3n) is 3.71. The topological polar surface area (TPSA) is 32.3 Å². The molecule has 2 heterocycles. The summed E-state index contributed by atoms with van der Waals surface area (Å²) in [4.78, 5) is 0. The van der Waals surface area contributed by atoms with Crippen molar-refractivity contribution >= 4 is 11.8 Å². The molecule has 0 saturated carbocycles. The van der Waals surface area contributed by atoms with Crippen LogP contribution in [0.2, 0.25) is 0 Å². The molecular weight excluding hydrogens is 194 g/mol. The summed E-state index contributed by atoms with van der Waals surface area (Å²) >= 11 is 2.11. The maximum Gasteiger partial charge on any atom is 0.0610 e. The first-order chi connectivity index (χ1) is 6.73. The van der Waals surface area contributed by atoms with Gasteiger partial charge in [0.05, 0.1) is 6.61 Å². The summed E-state index contributed by atoms with van der Waals surface area (Å²) in [7, 11) is 0. The smallest absolute Gasteiger partial charge is 0.0610 e. The van der Waals surface area contributed by atoms with E-state index in [0.29, 0.717) is 0 Å². The Morgan fingerprint density at radius 3 is 2.93 bits per heavy atom. The minimum atomic E-state index is 0.00673. The first-order valence-electron chi connectivity index (χ1n) is 5.67. The van der Waals surface area contributed by atoms with Gasteiger partial charge < -0.3 is 10.4 Å². The van der Waals surface area contributed by atoms with Gasteiger partial charge in [-0.25, -0.2) is 0 Å². The molecule has 2 aliphatic rings. The molecule has 3 heteroatoms. The van der Waals surface area contributed by atoms with Crippen molar-refractivity contribution in [1.82, 2.24) is 5.32 Å². The van der Waals surface area contributed by atoms with Gasteiger partial charge in [-0.1, -0.05) is 0 Å². The number of rotatable bonds is 2. The van der Waals surface area contributed by atoms with E-state index in [2.05, 4.69) is 24.0 Å². The molecule has 0 bridgehead atoms. The molecular formula is C11H21NOS. The van der Waals surface area contributed by atoms with Crippen LogP contribution in [-0.2, 0) is 0 Å². The molecule has 2 rings (SSSR count). The van der Waals surface area contributed by atoms with Crippen molar-refractivity contribution in [3.63, 3.8) is 0 Å². The summed E-state index contributed by atoms with van der Waals surface area (Å²) in [5, 5.41) is 12.7. The molecule has 0 aromatic carbocycles. The van der Waals surface area contributed by atoms with Gasteiger partial charge in [-0.15, -0.1) is 0 Å². The van der Waals surface area contributed by atoms with Crippen LogP contribution in [0.3, 0.4) is 0 Å². The van der Waals surface area contributed by atoms with Gasteiger partial charge in [-0.05, 0) is 56.1 Å². The van der Waals surface area contributed by atoms with Crippen molar-refractivity contribution in [3.05, 3.63) is 0 Å². The second kappa shape index (κ2) is 4.42. The Hall–Kier alpha value is 0.270. The third-order valence-corrected chi connectivity index (χ3v) is 4.96. The molecule has 0 radical (unpaired) electrons. The Balaban J connectivity index is 1.88. The monoisotopic (exact) mass is 215 g/mol. The van der Waals surface area contributed by atoms with Gasteiger partial charge in [0, 0.05) is 5.54 Å². The fourth-order valence-corrected chi connectivity index (χ4v) is 3.97. The fraction of sp³-hybridized carbons (Fsp3) is 1.00. The lowest BCUT2D eigenvalue weighted by Gasteiger charge is -2.27. The summed E-state index contributed by atoms with van der Waals surface area (Å²) in [5.41, 5.74) is 0.00673. The Kier molecular flexibility index (Phi) is 3.40. The zero-order valence-corrected chi connectivity index (χ0v) is 9.78. The van der Waals surface area contributed by atoms with Gasteiger partial charge >= 0.3 is 0 Å². The molecule has 14 heavy (non-hydrogen) atoms. The highest BCUT2D eigenvalue weighted by Gasteiger charge is 2.37. The number of nitrogens with one attached hydrogen (secondary N) is 1. The Bertz CT molecular complexity index is 194. The van der Waals surface area contributed by atoms with Gasteiger partial charge in [0.15, 0.2) is 0 Å². The van der Waals surface area contributed by atoms with Crippen LogP contribution in [0.15, 0.2) is 0 Å². The molecule has 0 aliphatic carbocycles. The van der Waals surface area contributed by atoms with Crippen molar-refractivity contribution in [2.45, 2.75) is 31.7 Å². The zero-order chi connectivity index (χ0) is 10.0. The maximum atomic E-state index is 9.27. The number of thioether (sulfide) groups is 1. The van der Waals surface area contributed by atoms with E-state index in [0.717, 1.165) is 24.8 Å². The fourth-order valence-electron chi connectivity index (χ4n) is 2.69. The number of hydrogen-bond acceptors (Lipinski definition) is 3. The molecule has 0 aromatic heterocycles. The second-order valence-electron chi connectivity index (χ2n) is 5.04. The van der Waals surface area contributed by atoms with Crippen LogP contribution >= 0.6 is 11.8 Å². The highest BCUT2D eigenvalue weighted by molar-refractivity contribution is 7.99. The lowest BCUT2D eigenvalue weighted by molar-refractivity contribution is 0.185. The zero-order valence-electron chi connectivity index (χ0n) is 8.96. The summed E-state index contributed by atoms with van der Waals surface area (Å²) < 4.78 is 0. The first kappa shape index (κ1) is 10.8. The van der Waals surface area contributed by atoms with Crippen LogP contribution in [0, 0.1) is 11.8 Å². The third kappa shape index (κ3) is 2.26. The lowest BCUT2D eigenvalue weighted by Crippen LogP contribution is -2.39. The van der Waals surface area contributed by atoms with Crippen LogP contribution in [0.5, 0.6) is 0 Å². The van der Waals surface area contributed by atoms with E-state index < -0.39 is 0 Å². The van der Waals surface area contributed by atoms with Crippen molar-refractivity contribution < 1.29 is 5.11 Å². The van der Waals surface area contributed by atoms with E-state index in [9.17, 15) is 5.11 Å². The van der Waals surface area contributed by atoms with Gasteiger partial charge in [0.2, 0.25) is 0 Å². The van der Waals surface area contributed by atoms with Crippen LogP contribution in [-0.4, -0.2) is 35.3 Å². The molecule has 0 aromatic rings. The maximum absolute atomic E-state index is 9.27. The van der Waals surface area contributed by atoms with Crippen LogP contribution in [0.25, 0.3) is 0 Å². The average Bonchev–Trinajstić information content (AvgIpc) is 2.63. The molecule has 2 aliphatic heterocycles. The lowest BCUT2D eigenvalue weighted by atomic mass is 9.84. The Morgan fingerprint density at radius 2 is 2.36 bits per heavy atom. The molecule has 2 saturated heterocycles. The van der Waals surface area contributed by atoms with E-state index >= 15 is 0 Å². The predicted molar refractivity (Wildman–Crippen MR) is 61.6 cm³/mol. The van der Waals surface area contributed by atoms with E-state index in [-0.39, 0.29) is 12.1 Å². The normalized spacial score (nSPS) is 44.1. The first-order valence-corrected chi connectivity index (χ1v) is 6.83. The SMILES string of the molecule is CC1(CO)CC(C2CCCSC2)CN1. The van der Waals surface area contributed by atoms with Gasteiger partial charge in [-0.3, -0.25) is 0 Å². The van der Waals surface area contributed by atoms with E-state index in [1.807, 2.05) is 0 Å². The molecule has 0 spiro atoms. The van der Waals surface area contributed by atoms with E-state index in [1.54, 1.807) is 0 Å². The van der Waals surface area contributed by atoms with Crippen LogP contribution in [0.4, 0.5) is 0 Å². The van der Waals surface area contributed by atoms with Gasteiger partial charge in [0.25, 0.3) is 0 Å².